The van der Waals surface area contributed by atoms with E-state index in [9.17, 15) is 4.79 Å². The van der Waals surface area contributed by atoms with Gasteiger partial charge < -0.3 is 9.64 Å². The lowest BCUT2D eigenvalue weighted by Gasteiger charge is -2.23. The third kappa shape index (κ3) is 3.95. The smallest absolute Gasteiger partial charge is 0.241 e. The fourth-order valence-corrected chi connectivity index (χ4v) is 2.49. The van der Waals surface area contributed by atoms with Gasteiger partial charge in [0, 0.05) is 20.3 Å². The highest BCUT2D eigenvalue weighted by molar-refractivity contribution is 5.84. The zero-order valence-electron chi connectivity index (χ0n) is 12.2. The van der Waals surface area contributed by atoms with Crippen LogP contribution in [0.2, 0.25) is 0 Å². The summed E-state index contributed by atoms with van der Waals surface area (Å²) in [5, 5.41) is 3.44. The van der Waals surface area contributed by atoms with Gasteiger partial charge in [-0.2, -0.15) is 0 Å². The summed E-state index contributed by atoms with van der Waals surface area (Å²) in [5.41, 5.74) is 0. The van der Waals surface area contributed by atoms with Crippen LogP contribution in [-0.2, 0) is 9.53 Å². The average Bonchev–Trinajstić information content (AvgIpc) is 2.66. The third-order valence-electron chi connectivity index (χ3n) is 3.60. The lowest BCUT2D eigenvalue weighted by atomic mass is 10.1. The highest BCUT2D eigenvalue weighted by Gasteiger charge is 2.38. The van der Waals surface area contributed by atoms with Crippen LogP contribution in [0.25, 0.3) is 0 Å². The number of nitrogens with zero attached hydrogens (tertiary/aromatic N) is 1. The van der Waals surface area contributed by atoms with Gasteiger partial charge in [-0.25, -0.2) is 0 Å². The first kappa shape index (κ1) is 15.4. The number of carbonyl (C=O) groups excluding carboxylic acids is 1. The molecule has 1 N–H and O–H groups in total. The number of rotatable bonds is 8. The van der Waals surface area contributed by atoms with Gasteiger partial charge in [-0.05, 0) is 31.6 Å². The van der Waals surface area contributed by atoms with E-state index in [2.05, 4.69) is 26.1 Å². The molecule has 18 heavy (non-hydrogen) atoms. The number of methoxy groups -OCH3 is 1. The maximum absolute atomic E-state index is 12.3. The van der Waals surface area contributed by atoms with Crippen LogP contribution in [0, 0.1) is 5.92 Å². The fraction of sp³-hybridized carbons (Fsp3) is 0.929. The largest absolute Gasteiger partial charge is 0.385 e. The van der Waals surface area contributed by atoms with Crippen LogP contribution in [0.3, 0.4) is 0 Å². The SMILES string of the molecule is CCC1NC(C(C)C)C(=O)N1CCCCCOC. The summed E-state index contributed by atoms with van der Waals surface area (Å²) < 4.78 is 5.03. The molecule has 2 atom stereocenters. The molecule has 2 unspecified atom stereocenters. The number of ether oxygens (including phenoxy) is 1. The summed E-state index contributed by atoms with van der Waals surface area (Å²) >= 11 is 0. The van der Waals surface area contributed by atoms with Crippen LogP contribution in [0.5, 0.6) is 0 Å². The molecular formula is C14H28N2O2. The quantitative estimate of drug-likeness (QED) is 0.675. The minimum atomic E-state index is 0.00826. The molecule has 1 saturated heterocycles. The Hall–Kier alpha value is -0.610. The Morgan fingerprint density at radius 3 is 2.61 bits per heavy atom. The topological polar surface area (TPSA) is 41.6 Å². The molecule has 1 amide bonds. The van der Waals surface area contributed by atoms with Crippen molar-refractivity contribution in [1.82, 2.24) is 10.2 Å². The maximum Gasteiger partial charge on any atom is 0.241 e. The lowest BCUT2D eigenvalue weighted by Crippen LogP contribution is -2.37. The molecule has 1 rings (SSSR count). The van der Waals surface area contributed by atoms with Crippen LogP contribution >= 0.6 is 0 Å². The molecule has 0 aliphatic carbocycles. The summed E-state index contributed by atoms with van der Waals surface area (Å²) in [6, 6.07) is 0.00826. The van der Waals surface area contributed by atoms with E-state index < -0.39 is 0 Å². The second-order valence-corrected chi connectivity index (χ2v) is 5.40. The van der Waals surface area contributed by atoms with Crippen LogP contribution in [0.4, 0.5) is 0 Å². The first-order valence-electron chi connectivity index (χ1n) is 7.17. The first-order chi connectivity index (χ1) is 8.61. The number of hydrogen-bond donors (Lipinski definition) is 1. The summed E-state index contributed by atoms with van der Waals surface area (Å²) in [6.45, 7) is 8.02. The van der Waals surface area contributed by atoms with Crippen LogP contribution in [-0.4, -0.2) is 43.3 Å². The van der Waals surface area contributed by atoms with E-state index in [1.165, 1.54) is 0 Å². The second-order valence-electron chi connectivity index (χ2n) is 5.40. The van der Waals surface area contributed by atoms with Gasteiger partial charge in [0.05, 0.1) is 12.2 Å². The van der Waals surface area contributed by atoms with Crippen molar-refractivity contribution in [3.05, 3.63) is 0 Å². The normalized spacial score (nSPS) is 24.3. The monoisotopic (exact) mass is 256 g/mol. The van der Waals surface area contributed by atoms with Crippen LogP contribution in [0.1, 0.15) is 46.5 Å². The van der Waals surface area contributed by atoms with E-state index in [1.807, 2.05) is 4.90 Å². The molecule has 1 heterocycles. The second kappa shape index (κ2) is 7.74. The Kier molecular flexibility index (Phi) is 6.65. The third-order valence-corrected chi connectivity index (χ3v) is 3.60. The molecule has 0 aromatic carbocycles. The number of carbonyl (C=O) groups is 1. The molecule has 1 fully saturated rings. The van der Waals surface area contributed by atoms with Crippen molar-refractivity contribution in [2.45, 2.75) is 58.7 Å². The summed E-state index contributed by atoms with van der Waals surface area (Å²) in [4.78, 5) is 14.3. The van der Waals surface area contributed by atoms with E-state index in [4.69, 9.17) is 4.74 Å². The summed E-state index contributed by atoms with van der Waals surface area (Å²) in [6.07, 6.45) is 4.48. The molecule has 0 saturated carbocycles. The Morgan fingerprint density at radius 1 is 1.33 bits per heavy atom. The number of nitrogens with one attached hydrogen (secondary N) is 1. The highest BCUT2D eigenvalue weighted by Crippen LogP contribution is 2.19. The molecule has 4 nitrogen and oxygen atoms in total. The molecule has 106 valence electrons. The first-order valence-corrected chi connectivity index (χ1v) is 7.17. The van der Waals surface area contributed by atoms with E-state index in [0.29, 0.717) is 5.92 Å². The summed E-state index contributed by atoms with van der Waals surface area (Å²) in [5.74, 6) is 0.647. The predicted octanol–water partition coefficient (Wildman–Crippen LogP) is 2.00. The van der Waals surface area contributed by atoms with Crippen molar-refractivity contribution in [3.8, 4) is 0 Å². The average molecular weight is 256 g/mol. The molecule has 0 aromatic heterocycles. The summed E-state index contributed by atoms with van der Waals surface area (Å²) in [7, 11) is 1.73. The molecule has 0 radical (unpaired) electrons. The van der Waals surface area contributed by atoms with Gasteiger partial charge in [-0.3, -0.25) is 10.1 Å². The van der Waals surface area contributed by atoms with Gasteiger partial charge in [-0.1, -0.05) is 20.8 Å². The Labute approximate surface area is 111 Å². The van der Waals surface area contributed by atoms with E-state index >= 15 is 0 Å². The molecule has 0 spiro atoms. The fourth-order valence-electron chi connectivity index (χ4n) is 2.49. The van der Waals surface area contributed by atoms with Gasteiger partial charge in [0.2, 0.25) is 5.91 Å². The molecule has 0 bridgehead atoms. The Morgan fingerprint density at radius 2 is 2.06 bits per heavy atom. The van der Waals surface area contributed by atoms with Crippen LogP contribution < -0.4 is 5.32 Å². The van der Waals surface area contributed by atoms with Gasteiger partial charge in [-0.15, -0.1) is 0 Å². The number of hydrogen-bond acceptors (Lipinski definition) is 3. The molecule has 1 aliphatic rings. The van der Waals surface area contributed by atoms with Crippen molar-refractivity contribution in [3.63, 3.8) is 0 Å². The van der Waals surface area contributed by atoms with Crippen LogP contribution in [0.15, 0.2) is 0 Å². The minimum Gasteiger partial charge on any atom is -0.385 e. The number of amides is 1. The molecule has 1 aliphatic heterocycles. The van der Waals surface area contributed by atoms with Crippen molar-refractivity contribution in [2.75, 3.05) is 20.3 Å². The van der Waals surface area contributed by atoms with Crippen molar-refractivity contribution < 1.29 is 9.53 Å². The zero-order valence-corrected chi connectivity index (χ0v) is 12.2. The predicted molar refractivity (Wildman–Crippen MR) is 73.3 cm³/mol. The van der Waals surface area contributed by atoms with E-state index in [-0.39, 0.29) is 18.1 Å². The van der Waals surface area contributed by atoms with E-state index in [0.717, 1.165) is 38.8 Å². The molecular weight excluding hydrogens is 228 g/mol. The standard InChI is InChI=1S/C14H28N2O2/c1-5-12-15-13(11(2)3)14(17)16(12)9-7-6-8-10-18-4/h11-13,15H,5-10H2,1-4H3. The van der Waals surface area contributed by atoms with E-state index in [1.54, 1.807) is 7.11 Å². The molecule has 0 aromatic rings. The Bertz CT molecular complexity index is 256. The lowest BCUT2D eigenvalue weighted by molar-refractivity contribution is -0.130. The van der Waals surface area contributed by atoms with Gasteiger partial charge in [0.25, 0.3) is 0 Å². The van der Waals surface area contributed by atoms with Crippen molar-refractivity contribution >= 4 is 5.91 Å². The minimum absolute atomic E-state index is 0.00826. The number of unbranched alkanes of at least 4 members (excludes halogenated alkanes) is 2. The van der Waals surface area contributed by atoms with Crippen molar-refractivity contribution in [2.24, 2.45) is 5.92 Å². The van der Waals surface area contributed by atoms with Crippen molar-refractivity contribution in [1.29, 1.82) is 0 Å². The maximum atomic E-state index is 12.3. The van der Waals surface area contributed by atoms with Gasteiger partial charge >= 0.3 is 0 Å². The molecule has 4 heteroatoms. The highest BCUT2D eigenvalue weighted by atomic mass is 16.5. The van der Waals surface area contributed by atoms with Gasteiger partial charge in [0.1, 0.15) is 0 Å². The zero-order chi connectivity index (χ0) is 13.5. The van der Waals surface area contributed by atoms with Gasteiger partial charge in [0.15, 0.2) is 0 Å². The Balaban J connectivity index is 2.39.